The van der Waals surface area contributed by atoms with Crippen LogP contribution in [-0.2, 0) is 0 Å². The summed E-state index contributed by atoms with van der Waals surface area (Å²) in [5.74, 6) is 1.42. The minimum absolute atomic E-state index is 0.266. The third-order valence-corrected chi connectivity index (χ3v) is 2.82. The van der Waals surface area contributed by atoms with Crippen LogP contribution in [0, 0.1) is 11.8 Å². The highest BCUT2D eigenvalue weighted by molar-refractivity contribution is 4.85. The molecule has 0 radical (unpaired) electrons. The van der Waals surface area contributed by atoms with Gasteiger partial charge >= 0.3 is 0 Å². The first-order valence-electron chi connectivity index (χ1n) is 5.00. The van der Waals surface area contributed by atoms with Crippen molar-refractivity contribution in [3.8, 4) is 0 Å². The molecule has 1 aliphatic carbocycles. The molecule has 1 atom stereocenters. The Bertz CT molecular complexity index is 130. The molecule has 1 unspecified atom stereocenters. The maximum Gasteiger partial charge on any atom is 0.0587 e. The molecule has 0 bridgehead atoms. The van der Waals surface area contributed by atoms with E-state index in [1.54, 1.807) is 0 Å². The van der Waals surface area contributed by atoms with Crippen molar-refractivity contribution in [1.29, 1.82) is 0 Å². The molecular formula is C10H21NO. The molecule has 0 aromatic carbocycles. The van der Waals surface area contributed by atoms with E-state index >= 15 is 0 Å². The molecule has 0 saturated heterocycles. The van der Waals surface area contributed by atoms with E-state index in [0.29, 0.717) is 18.0 Å². The first-order valence-corrected chi connectivity index (χ1v) is 5.00. The summed E-state index contributed by atoms with van der Waals surface area (Å²) in [5.41, 5.74) is 0. The number of rotatable bonds is 4. The van der Waals surface area contributed by atoms with Crippen molar-refractivity contribution in [3.05, 3.63) is 0 Å². The molecule has 0 amide bonds. The molecule has 2 heteroatoms. The van der Waals surface area contributed by atoms with Gasteiger partial charge in [-0.2, -0.15) is 0 Å². The minimum Gasteiger partial charge on any atom is -0.395 e. The number of aliphatic hydroxyl groups excluding tert-OH is 1. The Labute approximate surface area is 75.4 Å². The van der Waals surface area contributed by atoms with Gasteiger partial charge in [0, 0.05) is 12.1 Å². The van der Waals surface area contributed by atoms with Gasteiger partial charge in [-0.15, -0.1) is 0 Å². The van der Waals surface area contributed by atoms with Crippen molar-refractivity contribution in [3.63, 3.8) is 0 Å². The minimum atomic E-state index is 0.266. The zero-order valence-corrected chi connectivity index (χ0v) is 8.38. The maximum absolute atomic E-state index is 9.07. The fraction of sp³-hybridized carbons (Fsp3) is 1.00. The van der Waals surface area contributed by atoms with E-state index in [9.17, 15) is 0 Å². The van der Waals surface area contributed by atoms with Crippen molar-refractivity contribution in [1.82, 2.24) is 5.32 Å². The molecule has 0 heterocycles. The summed E-state index contributed by atoms with van der Waals surface area (Å²) in [6.45, 7) is 6.84. The predicted octanol–water partition coefficient (Wildman–Crippen LogP) is 1.39. The quantitative estimate of drug-likeness (QED) is 0.670. The first kappa shape index (κ1) is 10.0. The van der Waals surface area contributed by atoms with Crippen LogP contribution in [0.25, 0.3) is 0 Å². The molecule has 2 nitrogen and oxygen atoms in total. The van der Waals surface area contributed by atoms with Crippen LogP contribution in [0.15, 0.2) is 0 Å². The van der Waals surface area contributed by atoms with Crippen molar-refractivity contribution >= 4 is 0 Å². The van der Waals surface area contributed by atoms with Crippen molar-refractivity contribution < 1.29 is 5.11 Å². The number of nitrogens with one attached hydrogen (secondary N) is 1. The first-order chi connectivity index (χ1) is 5.63. The summed E-state index contributed by atoms with van der Waals surface area (Å²) < 4.78 is 0. The average molecular weight is 171 g/mol. The Hall–Kier alpha value is -0.0800. The standard InChI is InChI=1S/C10H21NO/c1-7(2)10(6-12)11-9-4-8(3)5-9/h7-12H,4-6H2,1-3H3. The summed E-state index contributed by atoms with van der Waals surface area (Å²) in [4.78, 5) is 0. The van der Waals surface area contributed by atoms with Crippen molar-refractivity contribution in [2.75, 3.05) is 6.61 Å². The van der Waals surface area contributed by atoms with Crippen LogP contribution in [0.2, 0.25) is 0 Å². The van der Waals surface area contributed by atoms with Crippen LogP contribution < -0.4 is 5.32 Å². The zero-order valence-electron chi connectivity index (χ0n) is 8.38. The van der Waals surface area contributed by atoms with Crippen molar-refractivity contribution in [2.24, 2.45) is 11.8 Å². The van der Waals surface area contributed by atoms with Crippen LogP contribution in [-0.4, -0.2) is 23.8 Å². The Balaban J connectivity index is 2.19. The van der Waals surface area contributed by atoms with Gasteiger partial charge in [0.15, 0.2) is 0 Å². The number of hydrogen-bond acceptors (Lipinski definition) is 2. The lowest BCUT2D eigenvalue weighted by molar-refractivity contribution is 0.154. The van der Waals surface area contributed by atoms with E-state index in [1.807, 2.05) is 0 Å². The second-order valence-electron chi connectivity index (χ2n) is 4.47. The third-order valence-electron chi connectivity index (χ3n) is 2.82. The Morgan fingerprint density at radius 3 is 2.33 bits per heavy atom. The molecule has 1 saturated carbocycles. The Morgan fingerprint density at radius 2 is 2.00 bits per heavy atom. The summed E-state index contributed by atoms with van der Waals surface area (Å²) in [6, 6.07) is 0.960. The molecule has 72 valence electrons. The third kappa shape index (κ3) is 2.46. The zero-order chi connectivity index (χ0) is 9.14. The maximum atomic E-state index is 9.07. The van der Waals surface area contributed by atoms with Crippen LogP contribution in [0.4, 0.5) is 0 Å². The van der Waals surface area contributed by atoms with Gasteiger partial charge in [0.25, 0.3) is 0 Å². The fourth-order valence-corrected chi connectivity index (χ4v) is 1.80. The monoisotopic (exact) mass is 171 g/mol. The normalized spacial score (nSPS) is 31.8. The molecule has 0 spiro atoms. The van der Waals surface area contributed by atoms with Crippen LogP contribution in [0.3, 0.4) is 0 Å². The lowest BCUT2D eigenvalue weighted by Gasteiger charge is -2.37. The highest BCUT2D eigenvalue weighted by Gasteiger charge is 2.27. The molecular weight excluding hydrogens is 150 g/mol. The smallest absolute Gasteiger partial charge is 0.0587 e. The molecule has 1 rings (SSSR count). The molecule has 0 aromatic heterocycles. The summed E-state index contributed by atoms with van der Waals surface area (Å²) in [6.07, 6.45) is 2.56. The van der Waals surface area contributed by atoms with Gasteiger partial charge in [0.1, 0.15) is 0 Å². The van der Waals surface area contributed by atoms with Gasteiger partial charge in [-0.1, -0.05) is 20.8 Å². The molecule has 0 aromatic rings. The average Bonchev–Trinajstić information content (AvgIpc) is 1.95. The van der Waals surface area contributed by atoms with E-state index in [4.69, 9.17) is 5.11 Å². The second-order valence-corrected chi connectivity index (χ2v) is 4.47. The van der Waals surface area contributed by atoms with Gasteiger partial charge in [0.05, 0.1) is 6.61 Å². The molecule has 2 N–H and O–H groups in total. The van der Waals surface area contributed by atoms with E-state index in [-0.39, 0.29) is 6.61 Å². The highest BCUT2D eigenvalue weighted by atomic mass is 16.3. The largest absolute Gasteiger partial charge is 0.395 e. The SMILES string of the molecule is CC1CC(NC(CO)C(C)C)C1. The molecule has 12 heavy (non-hydrogen) atoms. The van der Waals surface area contributed by atoms with Crippen LogP contribution >= 0.6 is 0 Å². The number of aliphatic hydroxyl groups is 1. The van der Waals surface area contributed by atoms with E-state index in [0.717, 1.165) is 5.92 Å². The van der Waals surface area contributed by atoms with Crippen LogP contribution in [0.1, 0.15) is 33.6 Å². The second kappa shape index (κ2) is 4.24. The van der Waals surface area contributed by atoms with Gasteiger partial charge in [0.2, 0.25) is 0 Å². The molecule has 0 aliphatic heterocycles. The lowest BCUT2D eigenvalue weighted by Crippen LogP contribution is -2.49. The number of hydrogen-bond donors (Lipinski definition) is 2. The fourth-order valence-electron chi connectivity index (χ4n) is 1.80. The van der Waals surface area contributed by atoms with Gasteiger partial charge < -0.3 is 10.4 Å². The highest BCUT2D eigenvalue weighted by Crippen LogP contribution is 2.27. The molecule has 1 fully saturated rings. The van der Waals surface area contributed by atoms with Gasteiger partial charge in [-0.05, 0) is 24.7 Å². The van der Waals surface area contributed by atoms with E-state index < -0.39 is 0 Å². The topological polar surface area (TPSA) is 32.3 Å². The Kier molecular flexibility index (Phi) is 3.53. The van der Waals surface area contributed by atoms with E-state index in [2.05, 4.69) is 26.1 Å². The van der Waals surface area contributed by atoms with Crippen LogP contribution in [0.5, 0.6) is 0 Å². The Morgan fingerprint density at radius 1 is 1.42 bits per heavy atom. The summed E-state index contributed by atoms with van der Waals surface area (Å²) >= 11 is 0. The molecule has 1 aliphatic rings. The van der Waals surface area contributed by atoms with E-state index in [1.165, 1.54) is 12.8 Å². The van der Waals surface area contributed by atoms with Gasteiger partial charge in [-0.25, -0.2) is 0 Å². The summed E-state index contributed by atoms with van der Waals surface area (Å²) in [5, 5.41) is 12.6. The van der Waals surface area contributed by atoms with Gasteiger partial charge in [-0.3, -0.25) is 0 Å². The predicted molar refractivity (Wildman–Crippen MR) is 51.0 cm³/mol. The van der Waals surface area contributed by atoms with Crippen molar-refractivity contribution in [2.45, 2.75) is 45.7 Å². The lowest BCUT2D eigenvalue weighted by atomic mass is 9.81. The summed E-state index contributed by atoms with van der Waals surface area (Å²) in [7, 11) is 0.